The molecule has 1 spiro atoms. The molecule has 1 aromatic carbocycles. The average molecular weight is 381 g/mol. The maximum atomic E-state index is 12.4. The zero-order chi connectivity index (χ0) is 19.0. The Labute approximate surface area is 170 Å². The summed E-state index contributed by atoms with van der Waals surface area (Å²) < 4.78 is 0. The number of nitrogens with zero attached hydrogens (tertiary/aromatic N) is 1. The third kappa shape index (κ3) is 3.63. The molecule has 0 aromatic heterocycles. The lowest BCUT2D eigenvalue weighted by Gasteiger charge is -2.49. The first-order valence-electron chi connectivity index (χ1n) is 11.9. The Kier molecular flexibility index (Phi) is 5.21. The molecule has 1 N–H and O–H groups in total. The van der Waals surface area contributed by atoms with E-state index < -0.39 is 0 Å². The van der Waals surface area contributed by atoms with E-state index in [2.05, 4.69) is 34.5 Å². The van der Waals surface area contributed by atoms with Gasteiger partial charge in [0, 0.05) is 12.0 Å². The highest BCUT2D eigenvalue weighted by Crippen LogP contribution is 2.48. The molecule has 1 saturated heterocycles. The average Bonchev–Trinajstić information content (AvgIpc) is 3.58. The first-order chi connectivity index (χ1) is 13.8. The summed E-state index contributed by atoms with van der Waals surface area (Å²) in [6.07, 6.45) is 15.7. The zero-order valence-corrected chi connectivity index (χ0v) is 17.3. The van der Waals surface area contributed by atoms with E-state index in [9.17, 15) is 4.79 Å². The molecule has 3 heteroatoms. The van der Waals surface area contributed by atoms with Gasteiger partial charge in [0.25, 0.3) is 0 Å². The molecule has 1 atom stereocenters. The van der Waals surface area contributed by atoms with Gasteiger partial charge in [-0.15, -0.1) is 0 Å². The highest BCUT2D eigenvalue weighted by molar-refractivity contribution is 5.81. The Hall–Kier alpha value is -1.35. The van der Waals surface area contributed by atoms with Gasteiger partial charge in [0.2, 0.25) is 5.91 Å². The molecule has 0 bridgehead atoms. The lowest BCUT2D eigenvalue weighted by Crippen LogP contribution is -2.49. The molecule has 1 aliphatic heterocycles. The summed E-state index contributed by atoms with van der Waals surface area (Å²) in [5.74, 6) is 0.588. The maximum absolute atomic E-state index is 12.4. The lowest BCUT2D eigenvalue weighted by atomic mass is 9.63. The Bertz CT molecular complexity index is 694. The Morgan fingerprint density at radius 2 is 1.61 bits per heavy atom. The number of hydrogen-bond acceptors (Lipinski definition) is 2. The third-order valence-corrected chi connectivity index (χ3v) is 8.18. The van der Waals surface area contributed by atoms with Crippen LogP contribution in [0.2, 0.25) is 0 Å². The van der Waals surface area contributed by atoms with Gasteiger partial charge in [-0.25, -0.2) is 0 Å². The van der Waals surface area contributed by atoms with Crippen molar-refractivity contribution in [3.8, 4) is 0 Å². The van der Waals surface area contributed by atoms with Gasteiger partial charge in [0.05, 0.1) is 6.04 Å². The number of carbonyl (C=O) groups is 1. The molecule has 3 aliphatic carbocycles. The molecule has 4 aliphatic rings. The smallest absolute Gasteiger partial charge is 0.223 e. The monoisotopic (exact) mass is 380 g/mol. The van der Waals surface area contributed by atoms with Crippen molar-refractivity contribution in [1.29, 1.82) is 0 Å². The van der Waals surface area contributed by atoms with Crippen LogP contribution in [0.3, 0.4) is 0 Å². The van der Waals surface area contributed by atoms with E-state index in [4.69, 9.17) is 0 Å². The summed E-state index contributed by atoms with van der Waals surface area (Å²) >= 11 is 0. The van der Waals surface area contributed by atoms with Crippen molar-refractivity contribution >= 4 is 5.91 Å². The molecule has 0 radical (unpaired) electrons. The highest BCUT2D eigenvalue weighted by atomic mass is 16.2. The number of fused-ring (bicyclic) bond motifs is 2. The molecular formula is C25H36N2O. The molecule has 1 heterocycles. The van der Waals surface area contributed by atoms with Crippen LogP contribution in [0.4, 0.5) is 0 Å². The van der Waals surface area contributed by atoms with E-state index >= 15 is 0 Å². The fourth-order valence-corrected chi connectivity index (χ4v) is 6.24. The summed E-state index contributed by atoms with van der Waals surface area (Å²) in [5.41, 5.74) is 3.30. The van der Waals surface area contributed by atoms with Crippen LogP contribution in [0, 0.1) is 5.92 Å². The summed E-state index contributed by atoms with van der Waals surface area (Å²) in [6, 6.07) is 10.1. The second kappa shape index (κ2) is 7.82. The van der Waals surface area contributed by atoms with Crippen LogP contribution in [0.25, 0.3) is 0 Å². The quantitative estimate of drug-likeness (QED) is 0.740. The third-order valence-electron chi connectivity index (χ3n) is 8.18. The van der Waals surface area contributed by atoms with Crippen molar-refractivity contribution in [1.82, 2.24) is 10.2 Å². The van der Waals surface area contributed by atoms with E-state index in [0.717, 1.165) is 25.3 Å². The highest BCUT2D eigenvalue weighted by Gasteiger charge is 2.43. The molecule has 1 aromatic rings. The van der Waals surface area contributed by atoms with Crippen LogP contribution in [-0.2, 0) is 10.2 Å². The fourth-order valence-electron chi connectivity index (χ4n) is 6.24. The molecule has 3 nitrogen and oxygen atoms in total. The fraction of sp³-hybridized carbons (Fsp3) is 0.720. The maximum Gasteiger partial charge on any atom is 0.223 e. The van der Waals surface area contributed by atoms with Crippen LogP contribution < -0.4 is 5.32 Å². The van der Waals surface area contributed by atoms with E-state index in [0.29, 0.717) is 17.2 Å². The second-order valence-electron chi connectivity index (χ2n) is 9.92. The number of rotatable bonds is 3. The van der Waals surface area contributed by atoms with Gasteiger partial charge in [-0.1, -0.05) is 49.9 Å². The molecule has 0 unspecified atom stereocenters. The Morgan fingerprint density at radius 3 is 2.32 bits per heavy atom. The van der Waals surface area contributed by atoms with Crippen LogP contribution >= 0.6 is 0 Å². The minimum absolute atomic E-state index is 0.231. The van der Waals surface area contributed by atoms with Crippen LogP contribution in [0.15, 0.2) is 24.3 Å². The van der Waals surface area contributed by atoms with Crippen LogP contribution in [-0.4, -0.2) is 29.9 Å². The molecule has 3 fully saturated rings. The van der Waals surface area contributed by atoms with E-state index in [1.54, 1.807) is 5.56 Å². The van der Waals surface area contributed by atoms with Gasteiger partial charge in [-0.05, 0) is 81.0 Å². The van der Waals surface area contributed by atoms with E-state index in [-0.39, 0.29) is 6.04 Å². The molecule has 2 saturated carbocycles. The predicted molar refractivity (Wildman–Crippen MR) is 113 cm³/mol. The number of likely N-dealkylation sites (tertiary alicyclic amines) is 1. The standard InChI is InChI=1S/C25H36N2O/c28-24(19-11-12-19)26-23-13-14-25(22-10-6-5-9-21(22)23)15-17-27(18-16-25)20-7-3-1-2-4-8-20/h5-6,9-10,19-20,23H,1-4,7-8,11-18H2,(H,26,28)/t23-/m0/s1. The van der Waals surface area contributed by atoms with Gasteiger partial charge >= 0.3 is 0 Å². The number of nitrogens with one attached hydrogen (secondary N) is 1. The minimum Gasteiger partial charge on any atom is -0.349 e. The van der Waals surface area contributed by atoms with E-state index in [1.807, 2.05) is 0 Å². The largest absolute Gasteiger partial charge is 0.349 e. The van der Waals surface area contributed by atoms with Gasteiger partial charge in [0.15, 0.2) is 0 Å². The number of hydrogen-bond donors (Lipinski definition) is 1. The van der Waals surface area contributed by atoms with Gasteiger partial charge < -0.3 is 10.2 Å². The van der Waals surface area contributed by atoms with E-state index in [1.165, 1.54) is 76.4 Å². The predicted octanol–water partition coefficient (Wildman–Crippen LogP) is 5.10. The zero-order valence-electron chi connectivity index (χ0n) is 17.3. The van der Waals surface area contributed by atoms with Crippen molar-refractivity contribution in [2.24, 2.45) is 5.92 Å². The topological polar surface area (TPSA) is 32.3 Å². The van der Waals surface area contributed by atoms with Crippen molar-refractivity contribution in [2.75, 3.05) is 13.1 Å². The van der Waals surface area contributed by atoms with Gasteiger partial charge in [-0.2, -0.15) is 0 Å². The summed E-state index contributed by atoms with van der Waals surface area (Å²) in [4.78, 5) is 15.2. The number of carbonyl (C=O) groups excluding carboxylic acids is 1. The Morgan fingerprint density at radius 1 is 0.893 bits per heavy atom. The number of piperidine rings is 1. The molecule has 152 valence electrons. The minimum atomic E-state index is 0.231. The summed E-state index contributed by atoms with van der Waals surface area (Å²) in [6.45, 7) is 2.52. The SMILES string of the molecule is O=C(N[C@H]1CCC2(CCN(C3CCCCCC3)CC2)c2ccccc21)C1CC1. The molecular weight excluding hydrogens is 344 g/mol. The molecule has 1 amide bonds. The van der Waals surface area contributed by atoms with Gasteiger partial charge in [0.1, 0.15) is 0 Å². The van der Waals surface area contributed by atoms with Crippen molar-refractivity contribution < 1.29 is 4.79 Å². The Balaban J connectivity index is 1.30. The van der Waals surface area contributed by atoms with Crippen LogP contribution in [0.1, 0.15) is 94.2 Å². The lowest BCUT2D eigenvalue weighted by molar-refractivity contribution is -0.123. The van der Waals surface area contributed by atoms with Gasteiger partial charge in [-0.3, -0.25) is 4.79 Å². The van der Waals surface area contributed by atoms with Crippen molar-refractivity contribution in [3.05, 3.63) is 35.4 Å². The first kappa shape index (κ1) is 18.7. The van der Waals surface area contributed by atoms with Crippen LogP contribution in [0.5, 0.6) is 0 Å². The molecule has 28 heavy (non-hydrogen) atoms. The first-order valence-corrected chi connectivity index (χ1v) is 11.9. The summed E-state index contributed by atoms with van der Waals surface area (Å²) in [5, 5.41) is 3.38. The second-order valence-corrected chi connectivity index (χ2v) is 9.92. The van der Waals surface area contributed by atoms with Crippen molar-refractivity contribution in [3.63, 3.8) is 0 Å². The molecule has 5 rings (SSSR count). The van der Waals surface area contributed by atoms with Crippen molar-refractivity contribution in [2.45, 2.75) is 94.5 Å². The summed E-state index contributed by atoms with van der Waals surface area (Å²) in [7, 11) is 0. The normalized spacial score (nSPS) is 28.5. The number of benzene rings is 1. The number of amides is 1.